The molecule has 0 saturated carbocycles. The molecule has 0 bridgehead atoms. The number of carbonyl (C=O) groups excluding carboxylic acids is 1. The second-order valence-electron chi connectivity index (χ2n) is 4.29. The monoisotopic (exact) mass is 303 g/mol. The SMILES string of the molecule is C=C(C(=O)[O-])c1ccc(S(=O)(=O)c2ccc(O)cc2)cc1. The van der Waals surface area contributed by atoms with E-state index in [0.29, 0.717) is 0 Å². The van der Waals surface area contributed by atoms with Crippen molar-refractivity contribution in [3.8, 4) is 5.75 Å². The molecule has 0 atom stereocenters. The Morgan fingerprint density at radius 1 is 0.952 bits per heavy atom. The van der Waals surface area contributed by atoms with Crippen LogP contribution in [-0.2, 0) is 14.6 Å². The van der Waals surface area contributed by atoms with Crippen LogP contribution < -0.4 is 5.11 Å². The second-order valence-corrected chi connectivity index (χ2v) is 6.24. The molecule has 2 rings (SSSR count). The summed E-state index contributed by atoms with van der Waals surface area (Å²) >= 11 is 0. The zero-order valence-electron chi connectivity index (χ0n) is 10.8. The summed E-state index contributed by atoms with van der Waals surface area (Å²) in [6.45, 7) is 3.34. The fourth-order valence-corrected chi connectivity index (χ4v) is 2.98. The third-order valence-corrected chi connectivity index (χ3v) is 4.69. The van der Waals surface area contributed by atoms with Crippen LogP contribution in [-0.4, -0.2) is 19.5 Å². The average Bonchev–Trinajstić information content (AvgIpc) is 2.47. The molecule has 2 aromatic rings. The number of hydrogen-bond acceptors (Lipinski definition) is 5. The fraction of sp³-hybridized carbons (Fsp3) is 0. The van der Waals surface area contributed by atoms with Gasteiger partial charge in [-0.2, -0.15) is 0 Å². The number of phenolic OH excluding ortho intramolecular Hbond substituents is 1. The third kappa shape index (κ3) is 2.95. The van der Waals surface area contributed by atoms with Gasteiger partial charge in [-0.15, -0.1) is 0 Å². The van der Waals surface area contributed by atoms with Gasteiger partial charge in [0.1, 0.15) is 5.75 Å². The van der Waals surface area contributed by atoms with Crippen LogP contribution >= 0.6 is 0 Å². The Hall–Kier alpha value is -2.60. The zero-order valence-corrected chi connectivity index (χ0v) is 11.6. The molecule has 0 aliphatic rings. The summed E-state index contributed by atoms with van der Waals surface area (Å²) in [6, 6.07) is 10.4. The highest BCUT2D eigenvalue weighted by Crippen LogP contribution is 2.24. The number of phenols is 1. The van der Waals surface area contributed by atoms with Crippen molar-refractivity contribution in [1.82, 2.24) is 0 Å². The third-order valence-electron chi connectivity index (χ3n) is 2.91. The zero-order chi connectivity index (χ0) is 15.6. The standard InChI is InChI=1S/C15H12O5S/c1-10(15(17)18)11-2-6-13(7-3-11)21(19,20)14-8-4-12(16)5-9-14/h2-9,16H,1H2,(H,17,18)/p-1. The van der Waals surface area contributed by atoms with Gasteiger partial charge >= 0.3 is 0 Å². The molecule has 108 valence electrons. The summed E-state index contributed by atoms with van der Waals surface area (Å²) in [5.74, 6) is -1.45. The highest BCUT2D eigenvalue weighted by molar-refractivity contribution is 7.91. The van der Waals surface area contributed by atoms with Crippen LogP contribution in [0.2, 0.25) is 0 Å². The molecular weight excluding hydrogens is 292 g/mol. The number of aromatic hydroxyl groups is 1. The number of carboxylic acids is 1. The number of hydrogen-bond donors (Lipinski definition) is 1. The Kier molecular flexibility index (Phi) is 3.82. The minimum Gasteiger partial charge on any atom is -0.545 e. The molecule has 0 unspecified atom stereocenters. The van der Waals surface area contributed by atoms with Crippen LogP contribution in [0.25, 0.3) is 5.57 Å². The summed E-state index contributed by atoms with van der Waals surface area (Å²) in [7, 11) is -3.72. The molecule has 0 saturated heterocycles. The molecule has 0 amide bonds. The molecule has 0 aliphatic carbocycles. The summed E-state index contributed by atoms with van der Waals surface area (Å²) < 4.78 is 24.7. The molecule has 0 radical (unpaired) electrons. The molecule has 0 spiro atoms. The molecule has 1 N–H and O–H groups in total. The van der Waals surface area contributed by atoms with E-state index in [2.05, 4.69) is 6.58 Å². The minimum atomic E-state index is -3.72. The van der Waals surface area contributed by atoms with Gasteiger partial charge in [0, 0.05) is 0 Å². The number of rotatable bonds is 4. The van der Waals surface area contributed by atoms with Crippen molar-refractivity contribution >= 4 is 21.4 Å². The van der Waals surface area contributed by atoms with Crippen LogP contribution in [0.3, 0.4) is 0 Å². The summed E-state index contributed by atoms with van der Waals surface area (Å²) in [5, 5.41) is 19.9. The first-order valence-electron chi connectivity index (χ1n) is 5.87. The van der Waals surface area contributed by atoms with Crippen molar-refractivity contribution < 1.29 is 23.4 Å². The van der Waals surface area contributed by atoms with E-state index in [1.807, 2.05) is 0 Å². The molecule has 0 heterocycles. The smallest absolute Gasteiger partial charge is 0.206 e. The largest absolute Gasteiger partial charge is 0.545 e. The predicted octanol–water partition coefficient (Wildman–Crippen LogP) is 0.988. The first-order chi connectivity index (χ1) is 9.82. The average molecular weight is 303 g/mol. The van der Waals surface area contributed by atoms with E-state index in [1.54, 1.807) is 0 Å². The molecule has 0 fully saturated rings. The van der Waals surface area contributed by atoms with Crippen molar-refractivity contribution in [3.63, 3.8) is 0 Å². The van der Waals surface area contributed by atoms with E-state index in [9.17, 15) is 23.4 Å². The number of benzene rings is 2. The molecule has 6 heteroatoms. The number of sulfone groups is 1. The van der Waals surface area contributed by atoms with Crippen molar-refractivity contribution in [2.45, 2.75) is 9.79 Å². The fourth-order valence-electron chi connectivity index (χ4n) is 1.71. The van der Waals surface area contributed by atoms with Gasteiger partial charge in [0.25, 0.3) is 0 Å². The van der Waals surface area contributed by atoms with E-state index in [0.717, 1.165) is 0 Å². The number of carboxylic acid groups (broad SMARTS) is 1. The van der Waals surface area contributed by atoms with Crippen LogP contribution in [0, 0.1) is 0 Å². The second kappa shape index (κ2) is 5.41. The Morgan fingerprint density at radius 3 is 1.81 bits per heavy atom. The van der Waals surface area contributed by atoms with Gasteiger partial charge in [-0.05, 0) is 47.5 Å². The molecule has 5 nitrogen and oxygen atoms in total. The van der Waals surface area contributed by atoms with Crippen LogP contribution in [0.4, 0.5) is 0 Å². The Labute approximate surface area is 121 Å². The van der Waals surface area contributed by atoms with Crippen LogP contribution in [0.1, 0.15) is 5.56 Å². The Balaban J connectivity index is 2.40. The van der Waals surface area contributed by atoms with E-state index in [-0.39, 0.29) is 26.7 Å². The van der Waals surface area contributed by atoms with Gasteiger partial charge in [0.15, 0.2) is 0 Å². The minimum absolute atomic E-state index is 0.0167. The van der Waals surface area contributed by atoms with Gasteiger partial charge in [-0.25, -0.2) is 8.42 Å². The predicted molar refractivity (Wildman–Crippen MR) is 74.0 cm³/mol. The maximum atomic E-state index is 12.3. The first kappa shape index (κ1) is 14.8. The topological polar surface area (TPSA) is 94.5 Å². The van der Waals surface area contributed by atoms with Crippen molar-refractivity contribution in [3.05, 3.63) is 60.7 Å². The maximum Gasteiger partial charge on any atom is 0.206 e. The summed E-state index contributed by atoms with van der Waals surface area (Å²) in [5.41, 5.74) is 0.0586. The lowest BCUT2D eigenvalue weighted by Gasteiger charge is -2.09. The van der Waals surface area contributed by atoms with Crippen LogP contribution in [0.5, 0.6) is 5.75 Å². The highest BCUT2D eigenvalue weighted by Gasteiger charge is 2.17. The van der Waals surface area contributed by atoms with E-state index >= 15 is 0 Å². The molecule has 2 aromatic carbocycles. The maximum absolute atomic E-state index is 12.3. The van der Waals surface area contributed by atoms with E-state index in [4.69, 9.17) is 0 Å². The Bertz CT molecular complexity index is 787. The van der Waals surface area contributed by atoms with Crippen molar-refractivity contribution in [2.75, 3.05) is 0 Å². The molecule has 0 aliphatic heterocycles. The lowest BCUT2D eigenvalue weighted by atomic mass is 10.1. The lowest BCUT2D eigenvalue weighted by molar-refractivity contribution is -0.295. The normalized spacial score (nSPS) is 11.0. The van der Waals surface area contributed by atoms with Crippen LogP contribution in [0.15, 0.2) is 64.9 Å². The van der Waals surface area contributed by atoms with E-state index in [1.165, 1.54) is 48.5 Å². The van der Waals surface area contributed by atoms with Gasteiger partial charge in [0.2, 0.25) is 9.84 Å². The molecule has 0 aromatic heterocycles. The lowest BCUT2D eigenvalue weighted by Crippen LogP contribution is -2.22. The Morgan fingerprint density at radius 2 is 1.38 bits per heavy atom. The molecular formula is C15H11O5S-. The van der Waals surface area contributed by atoms with Gasteiger partial charge < -0.3 is 15.0 Å². The summed E-state index contributed by atoms with van der Waals surface area (Å²) in [4.78, 5) is 10.7. The number of aliphatic carboxylic acids is 1. The molecule has 21 heavy (non-hydrogen) atoms. The summed E-state index contributed by atoms with van der Waals surface area (Å²) in [6.07, 6.45) is 0. The highest BCUT2D eigenvalue weighted by atomic mass is 32.2. The van der Waals surface area contributed by atoms with Gasteiger partial charge in [0.05, 0.1) is 15.8 Å². The van der Waals surface area contributed by atoms with E-state index < -0.39 is 15.8 Å². The van der Waals surface area contributed by atoms with Gasteiger partial charge in [-0.3, -0.25) is 0 Å². The van der Waals surface area contributed by atoms with Crippen molar-refractivity contribution in [1.29, 1.82) is 0 Å². The van der Waals surface area contributed by atoms with Gasteiger partial charge in [-0.1, -0.05) is 18.7 Å². The number of carbonyl (C=O) groups is 1. The quantitative estimate of drug-likeness (QED) is 0.850. The van der Waals surface area contributed by atoms with Crippen molar-refractivity contribution in [2.24, 2.45) is 0 Å². The first-order valence-corrected chi connectivity index (χ1v) is 7.35.